The number of carbonyl (C=O) groups is 1. The van der Waals surface area contributed by atoms with E-state index in [1.165, 1.54) is 12.1 Å². The molecule has 0 bridgehead atoms. The monoisotopic (exact) mass is 353 g/mol. The second-order valence-electron chi connectivity index (χ2n) is 6.78. The van der Waals surface area contributed by atoms with Gasteiger partial charge >= 0.3 is 0 Å². The van der Waals surface area contributed by atoms with Crippen LogP contribution in [0.3, 0.4) is 0 Å². The highest BCUT2D eigenvalue weighted by atomic mass is 19.1. The third kappa shape index (κ3) is 3.27. The van der Waals surface area contributed by atoms with Crippen molar-refractivity contribution in [3.8, 4) is 5.75 Å². The second kappa shape index (κ2) is 6.78. The van der Waals surface area contributed by atoms with Crippen LogP contribution in [0.15, 0.2) is 42.5 Å². The van der Waals surface area contributed by atoms with Gasteiger partial charge in [0.1, 0.15) is 5.82 Å². The molecule has 2 N–H and O–H groups in total. The van der Waals surface area contributed by atoms with Crippen molar-refractivity contribution in [1.29, 1.82) is 0 Å². The first-order valence-electron chi connectivity index (χ1n) is 8.80. The molecule has 1 atom stereocenters. The smallest absolute Gasteiger partial charge is 0.227 e. The van der Waals surface area contributed by atoms with Gasteiger partial charge in [0.2, 0.25) is 5.91 Å². The molecule has 134 valence electrons. The van der Waals surface area contributed by atoms with E-state index >= 15 is 0 Å². The molecule has 0 radical (unpaired) electrons. The van der Waals surface area contributed by atoms with Crippen LogP contribution in [0.4, 0.5) is 4.39 Å². The van der Waals surface area contributed by atoms with Crippen molar-refractivity contribution < 1.29 is 14.3 Å². The van der Waals surface area contributed by atoms with Gasteiger partial charge in [-0.3, -0.25) is 4.79 Å². The van der Waals surface area contributed by atoms with Gasteiger partial charge in [0.15, 0.2) is 11.6 Å². The van der Waals surface area contributed by atoms with Crippen LogP contribution >= 0.6 is 0 Å². The topological polar surface area (TPSA) is 69.2 Å². The lowest BCUT2D eigenvalue weighted by atomic mass is 9.96. The fourth-order valence-electron chi connectivity index (χ4n) is 3.54. The van der Waals surface area contributed by atoms with Gasteiger partial charge < -0.3 is 15.0 Å². The number of aromatic nitrogens is 2. The van der Waals surface area contributed by atoms with Crippen LogP contribution in [0.5, 0.6) is 5.75 Å². The van der Waals surface area contributed by atoms with E-state index in [9.17, 15) is 14.3 Å². The summed E-state index contributed by atoms with van der Waals surface area (Å²) < 4.78 is 13.5. The van der Waals surface area contributed by atoms with Crippen molar-refractivity contribution in [1.82, 2.24) is 14.9 Å². The maximum atomic E-state index is 13.5. The van der Waals surface area contributed by atoms with Gasteiger partial charge in [-0.05, 0) is 42.7 Å². The number of para-hydroxylation sites is 2. The summed E-state index contributed by atoms with van der Waals surface area (Å²) >= 11 is 0. The number of imidazole rings is 1. The molecular formula is C20H20FN3O2. The predicted molar refractivity (Wildman–Crippen MR) is 96.4 cm³/mol. The van der Waals surface area contributed by atoms with Crippen LogP contribution in [0.1, 0.15) is 30.1 Å². The first kappa shape index (κ1) is 16.6. The Labute approximate surface area is 150 Å². The number of phenolic OH excluding ortho intramolecular Hbond substituents is 1. The van der Waals surface area contributed by atoms with E-state index in [-0.39, 0.29) is 18.2 Å². The van der Waals surface area contributed by atoms with Crippen molar-refractivity contribution in [3.05, 3.63) is 59.7 Å². The summed E-state index contributed by atoms with van der Waals surface area (Å²) in [5, 5.41) is 9.27. The maximum absolute atomic E-state index is 13.5. The zero-order valence-electron chi connectivity index (χ0n) is 14.3. The number of aromatic amines is 1. The molecule has 1 aromatic heterocycles. The number of amides is 1. The number of phenols is 1. The highest BCUT2D eigenvalue weighted by Crippen LogP contribution is 2.27. The molecule has 1 fully saturated rings. The number of likely N-dealkylation sites (tertiary alicyclic amines) is 1. The summed E-state index contributed by atoms with van der Waals surface area (Å²) in [7, 11) is 0. The van der Waals surface area contributed by atoms with Crippen molar-refractivity contribution in [2.75, 3.05) is 13.1 Å². The van der Waals surface area contributed by atoms with Crippen molar-refractivity contribution >= 4 is 16.9 Å². The molecule has 0 spiro atoms. The lowest BCUT2D eigenvalue weighted by Crippen LogP contribution is -2.40. The van der Waals surface area contributed by atoms with Crippen LogP contribution in [0.25, 0.3) is 11.0 Å². The van der Waals surface area contributed by atoms with Gasteiger partial charge in [-0.25, -0.2) is 9.37 Å². The van der Waals surface area contributed by atoms with Gasteiger partial charge in [0.25, 0.3) is 0 Å². The van der Waals surface area contributed by atoms with Crippen LogP contribution < -0.4 is 0 Å². The number of hydrogen-bond acceptors (Lipinski definition) is 3. The summed E-state index contributed by atoms with van der Waals surface area (Å²) in [6.45, 7) is 1.31. The third-order valence-corrected chi connectivity index (χ3v) is 4.94. The number of hydrogen-bond donors (Lipinski definition) is 2. The van der Waals surface area contributed by atoms with Crippen LogP contribution in [-0.2, 0) is 11.2 Å². The standard InChI is InChI=1S/C20H20FN3O2/c21-15-10-13(7-8-18(15)25)11-19(26)24-9-3-4-14(12-24)20-22-16-5-1-2-6-17(16)23-20/h1-2,5-8,10,14,25H,3-4,9,11-12H2,(H,22,23)/t14-/m0/s1. The molecule has 5 nitrogen and oxygen atoms in total. The van der Waals surface area contributed by atoms with Gasteiger partial charge in [-0.15, -0.1) is 0 Å². The Morgan fingerprint density at radius 1 is 1.31 bits per heavy atom. The zero-order valence-corrected chi connectivity index (χ0v) is 14.3. The summed E-state index contributed by atoms with van der Waals surface area (Å²) in [6, 6.07) is 12.0. The van der Waals surface area contributed by atoms with Crippen molar-refractivity contribution in [2.45, 2.75) is 25.2 Å². The maximum Gasteiger partial charge on any atom is 0.227 e. The van der Waals surface area contributed by atoms with E-state index in [4.69, 9.17) is 0 Å². The van der Waals surface area contributed by atoms with Gasteiger partial charge in [-0.1, -0.05) is 18.2 Å². The fourth-order valence-corrected chi connectivity index (χ4v) is 3.54. The summed E-state index contributed by atoms with van der Waals surface area (Å²) in [6.07, 6.45) is 2.03. The van der Waals surface area contributed by atoms with E-state index in [1.807, 2.05) is 29.2 Å². The highest BCUT2D eigenvalue weighted by molar-refractivity contribution is 5.79. The van der Waals surface area contributed by atoms with Crippen molar-refractivity contribution in [2.24, 2.45) is 0 Å². The van der Waals surface area contributed by atoms with Gasteiger partial charge in [-0.2, -0.15) is 0 Å². The molecule has 0 saturated carbocycles. The summed E-state index contributed by atoms with van der Waals surface area (Å²) in [4.78, 5) is 22.5. The number of piperidine rings is 1. The largest absolute Gasteiger partial charge is 0.505 e. The Morgan fingerprint density at radius 3 is 2.96 bits per heavy atom. The molecule has 4 rings (SSSR count). The predicted octanol–water partition coefficient (Wildman–Crippen LogP) is 3.36. The van der Waals surface area contributed by atoms with E-state index in [2.05, 4.69) is 9.97 Å². The van der Waals surface area contributed by atoms with Crippen LogP contribution in [-0.4, -0.2) is 39.0 Å². The highest BCUT2D eigenvalue weighted by Gasteiger charge is 2.26. The first-order chi connectivity index (χ1) is 12.6. The van der Waals surface area contributed by atoms with E-state index in [1.54, 1.807) is 6.07 Å². The molecule has 1 amide bonds. The average Bonchev–Trinajstić information content (AvgIpc) is 3.09. The average molecular weight is 353 g/mol. The molecule has 6 heteroatoms. The molecule has 0 aliphatic carbocycles. The number of benzene rings is 2. The lowest BCUT2D eigenvalue weighted by Gasteiger charge is -2.32. The van der Waals surface area contributed by atoms with Crippen molar-refractivity contribution in [3.63, 3.8) is 0 Å². The summed E-state index contributed by atoms with van der Waals surface area (Å²) in [5.41, 5.74) is 2.51. The molecule has 26 heavy (non-hydrogen) atoms. The zero-order chi connectivity index (χ0) is 18.1. The molecule has 0 unspecified atom stereocenters. The fraction of sp³-hybridized carbons (Fsp3) is 0.300. The number of nitrogens with zero attached hydrogens (tertiary/aromatic N) is 2. The third-order valence-electron chi connectivity index (χ3n) is 4.94. The number of halogens is 1. The minimum atomic E-state index is -0.700. The lowest BCUT2D eigenvalue weighted by molar-refractivity contribution is -0.131. The number of carbonyl (C=O) groups excluding carboxylic acids is 1. The van der Waals surface area contributed by atoms with E-state index < -0.39 is 11.6 Å². The van der Waals surface area contributed by atoms with Gasteiger partial charge in [0, 0.05) is 19.0 Å². The normalized spacial score (nSPS) is 17.6. The minimum Gasteiger partial charge on any atom is -0.505 e. The molecule has 3 aromatic rings. The molecule has 2 aromatic carbocycles. The van der Waals surface area contributed by atoms with Gasteiger partial charge in [0.05, 0.1) is 17.5 Å². The first-order valence-corrected chi connectivity index (χ1v) is 8.80. The Morgan fingerprint density at radius 2 is 2.15 bits per heavy atom. The Hall–Kier alpha value is -2.89. The Kier molecular flexibility index (Phi) is 4.32. The second-order valence-corrected chi connectivity index (χ2v) is 6.78. The van der Waals surface area contributed by atoms with Crippen LogP contribution in [0.2, 0.25) is 0 Å². The van der Waals surface area contributed by atoms with E-state index in [0.717, 1.165) is 29.7 Å². The molecule has 1 aliphatic rings. The number of nitrogens with one attached hydrogen (secondary N) is 1. The summed E-state index contributed by atoms with van der Waals surface area (Å²) in [5.74, 6) is -0.0369. The number of H-pyrrole nitrogens is 1. The van der Waals surface area contributed by atoms with E-state index in [0.29, 0.717) is 18.7 Å². The Balaban J connectivity index is 1.47. The molecule has 1 saturated heterocycles. The SMILES string of the molecule is O=C(Cc1ccc(O)c(F)c1)N1CCC[C@H](c2nc3ccccc3[nH]2)C1. The number of rotatable bonds is 3. The molecular weight excluding hydrogens is 333 g/mol. The Bertz CT molecular complexity index is 920. The minimum absolute atomic E-state index is 0.0316. The molecule has 2 heterocycles. The van der Waals surface area contributed by atoms with Crippen LogP contribution in [0, 0.1) is 5.82 Å². The molecule has 1 aliphatic heterocycles. The quantitative estimate of drug-likeness (QED) is 0.759. The number of fused-ring (bicyclic) bond motifs is 1. The number of aromatic hydroxyl groups is 1.